The Balaban J connectivity index is 1.24. The van der Waals surface area contributed by atoms with Gasteiger partial charge in [0.1, 0.15) is 11.5 Å². The molecule has 8 heteroatoms. The third-order valence-electron chi connectivity index (χ3n) is 7.05. The van der Waals surface area contributed by atoms with Crippen LogP contribution in [0.2, 0.25) is 5.02 Å². The predicted molar refractivity (Wildman–Crippen MR) is 110 cm³/mol. The maximum atomic E-state index is 12.9. The van der Waals surface area contributed by atoms with Crippen LogP contribution in [0.3, 0.4) is 0 Å². The van der Waals surface area contributed by atoms with Gasteiger partial charge in [0.05, 0.1) is 28.6 Å². The quantitative estimate of drug-likeness (QED) is 0.447. The second-order valence-electron chi connectivity index (χ2n) is 8.59. The number of allylic oxidation sites excluding steroid dienone is 2. The Labute approximate surface area is 182 Å². The number of carbonyl (C=O) groups is 3. The van der Waals surface area contributed by atoms with Crippen molar-refractivity contribution < 1.29 is 23.9 Å². The lowest BCUT2D eigenvalue weighted by atomic mass is 9.63. The van der Waals surface area contributed by atoms with Crippen molar-refractivity contribution in [1.29, 1.82) is 0 Å². The molecule has 156 valence electrons. The molecule has 1 N–H and O–H groups in total. The summed E-state index contributed by atoms with van der Waals surface area (Å²) in [5.41, 5.74) is 0.519. The summed E-state index contributed by atoms with van der Waals surface area (Å²) >= 11 is 5.92. The predicted octanol–water partition coefficient (Wildman–Crippen LogP) is 3.69. The van der Waals surface area contributed by atoms with Gasteiger partial charge in [-0.1, -0.05) is 23.8 Å². The van der Waals surface area contributed by atoms with E-state index in [0.717, 1.165) is 11.4 Å². The van der Waals surface area contributed by atoms with Gasteiger partial charge in [-0.3, -0.25) is 9.59 Å². The van der Waals surface area contributed by atoms with Crippen LogP contribution < -0.4 is 0 Å². The van der Waals surface area contributed by atoms with Crippen molar-refractivity contribution in [3.63, 3.8) is 0 Å². The summed E-state index contributed by atoms with van der Waals surface area (Å²) in [6.07, 6.45) is 6.70. The van der Waals surface area contributed by atoms with Gasteiger partial charge in [0.15, 0.2) is 0 Å². The van der Waals surface area contributed by atoms with E-state index in [0.29, 0.717) is 28.9 Å². The third-order valence-corrected chi connectivity index (χ3v) is 7.38. The average Bonchev–Trinajstić information content (AvgIpc) is 3.39. The highest BCUT2D eigenvalue weighted by molar-refractivity contribution is 6.33. The highest BCUT2D eigenvalue weighted by Gasteiger charge is 2.67. The second-order valence-corrected chi connectivity index (χ2v) is 9.00. The van der Waals surface area contributed by atoms with Crippen LogP contribution in [0.1, 0.15) is 22.5 Å². The van der Waals surface area contributed by atoms with Crippen molar-refractivity contribution in [2.24, 2.45) is 40.6 Å². The molecule has 6 atom stereocenters. The lowest BCUT2D eigenvalue weighted by Gasteiger charge is -2.37. The number of benzene rings is 1. The van der Waals surface area contributed by atoms with Gasteiger partial charge < -0.3 is 9.52 Å². The summed E-state index contributed by atoms with van der Waals surface area (Å²) < 4.78 is 5.73. The van der Waals surface area contributed by atoms with E-state index in [1.807, 2.05) is 0 Å². The molecule has 0 radical (unpaired) electrons. The molecule has 31 heavy (non-hydrogen) atoms. The Morgan fingerprint density at radius 2 is 1.77 bits per heavy atom. The van der Waals surface area contributed by atoms with E-state index in [-0.39, 0.29) is 46.1 Å². The minimum atomic E-state index is -1.13. The molecule has 1 aromatic heterocycles. The molecular formula is C23H17ClN2O5. The van der Waals surface area contributed by atoms with E-state index in [1.165, 1.54) is 18.3 Å². The van der Waals surface area contributed by atoms with Crippen LogP contribution in [0.25, 0.3) is 11.3 Å². The second kappa shape index (κ2) is 6.40. The standard InChI is InChI=1S/C23H17ClN2O5/c24-17-5-1-10(7-16(17)23(29)30)18-6-2-11(31-18)9-25-26-21(27)19-12-3-4-13(15-8-14(12)15)20(19)22(26)28/h1-7,9,12-15,19-20H,8H2,(H,29,30)/b25-9-/t12-,13-,14-,15+,19-,20+/m1/s1. The van der Waals surface area contributed by atoms with Gasteiger partial charge in [-0.25, -0.2) is 4.79 Å². The van der Waals surface area contributed by atoms with Crippen LogP contribution >= 0.6 is 11.6 Å². The number of carboxylic acid groups (broad SMARTS) is 1. The highest BCUT2D eigenvalue weighted by atomic mass is 35.5. The molecule has 2 bridgehead atoms. The Morgan fingerprint density at radius 3 is 2.42 bits per heavy atom. The molecule has 2 heterocycles. The van der Waals surface area contributed by atoms with Crippen molar-refractivity contribution in [3.05, 3.63) is 58.8 Å². The summed E-state index contributed by atoms with van der Waals surface area (Å²) in [5.74, 6) is -0.0124. The van der Waals surface area contributed by atoms with Crippen molar-refractivity contribution in [2.45, 2.75) is 6.42 Å². The summed E-state index contributed by atoms with van der Waals surface area (Å²) in [5, 5.41) is 14.5. The summed E-state index contributed by atoms with van der Waals surface area (Å²) in [6, 6.07) is 7.89. The molecule has 2 amide bonds. The van der Waals surface area contributed by atoms with E-state index in [2.05, 4.69) is 17.3 Å². The first-order valence-electron chi connectivity index (χ1n) is 10.2. The van der Waals surface area contributed by atoms with Gasteiger partial charge in [-0.2, -0.15) is 10.1 Å². The Kier molecular flexibility index (Phi) is 3.84. The lowest BCUT2D eigenvalue weighted by Crippen LogP contribution is -2.40. The van der Waals surface area contributed by atoms with Gasteiger partial charge in [-0.15, -0.1) is 0 Å². The fourth-order valence-electron chi connectivity index (χ4n) is 5.59. The van der Waals surface area contributed by atoms with E-state index in [4.69, 9.17) is 16.0 Å². The molecule has 5 aliphatic rings. The first-order valence-corrected chi connectivity index (χ1v) is 10.5. The number of hydrogen-bond acceptors (Lipinski definition) is 5. The van der Waals surface area contributed by atoms with E-state index in [1.54, 1.807) is 18.2 Å². The Hall–Kier alpha value is -3.19. The van der Waals surface area contributed by atoms with Crippen molar-refractivity contribution in [3.8, 4) is 11.3 Å². The molecule has 1 aromatic carbocycles. The average molecular weight is 437 g/mol. The topological polar surface area (TPSA) is 100 Å². The van der Waals surface area contributed by atoms with Gasteiger partial charge in [0.25, 0.3) is 11.8 Å². The zero-order valence-electron chi connectivity index (χ0n) is 16.1. The van der Waals surface area contributed by atoms with Crippen molar-refractivity contribution >= 4 is 35.6 Å². The first-order chi connectivity index (χ1) is 14.9. The van der Waals surface area contributed by atoms with Gasteiger partial charge in [-0.05, 0) is 60.4 Å². The van der Waals surface area contributed by atoms with E-state index in [9.17, 15) is 19.5 Å². The number of carbonyl (C=O) groups excluding carboxylic acids is 2. The first kappa shape index (κ1) is 18.6. The molecular weight excluding hydrogens is 420 g/mol. The number of aromatic carboxylic acids is 1. The van der Waals surface area contributed by atoms with Crippen molar-refractivity contribution in [2.75, 3.05) is 0 Å². The molecule has 1 saturated heterocycles. The number of halogens is 1. The normalized spacial score (nSPS) is 32.6. The lowest BCUT2D eigenvalue weighted by molar-refractivity contribution is -0.140. The maximum Gasteiger partial charge on any atom is 0.337 e. The largest absolute Gasteiger partial charge is 0.478 e. The maximum absolute atomic E-state index is 12.9. The number of imide groups is 1. The van der Waals surface area contributed by atoms with Gasteiger partial charge in [0.2, 0.25) is 0 Å². The molecule has 0 unspecified atom stereocenters. The van der Waals surface area contributed by atoms with Crippen LogP contribution in [0.5, 0.6) is 0 Å². The number of furan rings is 1. The van der Waals surface area contributed by atoms with Crippen LogP contribution in [0.15, 0.2) is 52.0 Å². The third kappa shape index (κ3) is 2.66. The summed E-state index contributed by atoms with van der Waals surface area (Å²) in [7, 11) is 0. The number of rotatable bonds is 4. The number of hydrogen-bond donors (Lipinski definition) is 1. The fourth-order valence-corrected chi connectivity index (χ4v) is 5.79. The molecule has 2 aromatic rings. The minimum Gasteiger partial charge on any atom is -0.478 e. The number of amides is 2. The molecule has 3 fully saturated rings. The smallest absolute Gasteiger partial charge is 0.337 e. The van der Waals surface area contributed by atoms with Crippen LogP contribution in [0.4, 0.5) is 0 Å². The minimum absolute atomic E-state index is 0.0251. The monoisotopic (exact) mass is 436 g/mol. The highest BCUT2D eigenvalue weighted by Crippen LogP contribution is 2.65. The zero-order chi connectivity index (χ0) is 21.4. The molecule has 7 nitrogen and oxygen atoms in total. The Morgan fingerprint density at radius 1 is 1.10 bits per heavy atom. The number of carboxylic acids is 1. The molecule has 7 rings (SSSR count). The van der Waals surface area contributed by atoms with Crippen molar-refractivity contribution in [1.82, 2.24) is 5.01 Å². The SMILES string of the molecule is O=C(O)c1cc(-c2ccc(/C=N\N3C(=O)[C@@H]4[C@@H]5C=C[C@H]([C@@H]6C[C@H]56)[C@@H]4C3=O)o2)ccc1Cl. The zero-order valence-corrected chi connectivity index (χ0v) is 16.9. The molecule has 4 aliphatic carbocycles. The van der Waals surface area contributed by atoms with Crippen LogP contribution in [-0.4, -0.2) is 34.1 Å². The number of nitrogens with zero attached hydrogens (tertiary/aromatic N) is 2. The molecule has 0 spiro atoms. The van der Waals surface area contributed by atoms with Gasteiger partial charge in [0, 0.05) is 5.56 Å². The van der Waals surface area contributed by atoms with E-state index >= 15 is 0 Å². The molecule has 2 saturated carbocycles. The fraction of sp³-hybridized carbons (Fsp3) is 0.304. The Bertz CT molecular complexity index is 1180. The van der Waals surface area contributed by atoms with E-state index < -0.39 is 5.97 Å². The summed E-state index contributed by atoms with van der Waals surface area (Å²) in [6.45, 7) is 0. The number of hydrazone groups is 1. The summed E-state index contributed by atoms with van der Waals surface area (Å²) in [4.78, 5) is 37.2. The van der Waals surface area contributed by atoms with Gasteiger partial charge >= 0.3 is 5.97 Å². The van der Waals surface area contributed by atoms with Crippen LogP contribution in [-0.2, 0) is 9.59 Å². The molecule has 1 aliphatic heterocycles. The van der Waals surface area contributed by atoms with Crippen LogP contribution in [0, 0.1) is 35.5 Å².